The van der Waals surface area contributed by atoms with Crippen LogP contribution in [0.25, 0.3) is 10.9 Å². The quantitative estimate of drug-likeness (QED) is 0.789. The first-order valence-electron chi connectivity index (χ1n) is 4.18. The molecule has 0 bridgehead atoms. The number of halogens is 3. The van der Waals surface area contributed by atoms with Gasteiger partial charge in [-0.1, -0.05) is 0 Å². The Hall–Kier alpha value is -2.05. The van der Waals surface area contributed by atoms with Crippen LogP contribution in [0.2, 0.25) is 0 Å². The highest BCUT2D eigenvalue weighted by atomic mass is 19.4. The minimum absolute atomic E-state index is 0.0534. The maximum absolute atomic E-state index is 12.4. The molecular weight excluding hydrogens is 225 g/mol. The molecule has 0 spiro atoms. The average molecular weight is 230 g/mol. The highest BCUT2D eigenvalue weighted by Gasteiger charge is 2.31. The van der Waals surface area contributed by atoms with Crippen LogP contribution < -0.4 is 0 Å². The molecule has 2 rings (SSSR count). The number of benzene rings is 1. The number of carbonyl (C=O) groups is 1. The van der Waals surface area contributed by atoms with Crippen molar-refractivity contribution < 1.29 is 23.1 Å². The van der Waals surface area contributed by atoms with Gasteiger partial charge in [-0.3, -0.25) is 5.10 Å². The van der Waals surface area contributed by atoms with E-state index in [0.29, 0.717) is 0 Å². The first-order valence-corrected chi connectivity index (χ1v) is 4.18. The van der Waals surface area contributed by atoms with Crippen molar-refractivity contribution in [1.29, 1.82) is 0 Å². The number of fused-ring (bicyclic) bond motifs is 1. The number of hydrogen-bond acceptors (Lipinski definition) is 2. The third-order valence-corrected chi connectivity index (χ3v) is 2.09. The summed E-state index contributed by atoms with van der Waals surface area (Å²) in [5, 5.41) is 14.4. The van der Waals surface area contributed by atoms with Crippen LogP contribution in [0, 0.1) is 0 Å². The number of H-pyrrole nitrogens is 1. The lowest BCUT2D eigenvalue weighted by atomic mass is 10.1. The zero-order valence-electron chi connectivity index (χ0n) is 7.67. The van der Waals surface area contributed by atoms with Crippen molar-refractivity contribution in [2.45, 2.75) is 6.18 Å². The number of nitrogens with one attached hydrogen (secondary N) is 1. The van der Waals surface area contributed by atoms with Crippen molar-refractivity contribution in [1.82, 2.24) is 10.2 Å². The van der Waals surface area contributed by atoms with Gasteiger partial charge >= 0.3 is 12.1 Å². The second-order valence-electron chi connectivity index (χ2n) is 3.14. The number of aromatic nitrogens is 2. The van der Waals surface area contributed by atoms with Crippen molar-refractivity contribution >= 4 is 16.9 Å². The van der Waals surface area contributed by atoms with Crippen LogP contribution in [-0.2, 0) is 6.18 Å². The highest BCUT2D eigenvalue weighted by molar-refractivity contribution is 6.01. The van der Waals surface area contributed by atoms with E-state index in [1.54, 1.807) is 0 Å². The lowest BCUT2D eigenvalue weighted by Crippen LogP contribution is -2.04. The van der Waals surface area contributed by atoms with E-state index in [0.717, 1.165) is 18.2 Å². The standard InChI is InChI=1S/C9H5F3N2O2/c10-9(11,12)4-1-2-6-5(3-4)7(8(15)16)14-13-6/h1-3H,(H,13,14)(H,15,16). The maximum atomic E-state index is 12.4. The van der Waals surface area contributed by atoms with Crippen molar-refractivity contribution in [3.63, 3.8) is 0 Å². The van der Waals surface area contributed by atoms with Crippen LogP contribution in [0.15, 0.2) is 18.2 Å². The van der Waals surface area contributed by atoms with Gasteiger partial charge in [0.2, 0.25) is 0 Å². The Morgan fingerprint density at radius 3 is 2.62 bits per heavy atom. The Morgan fingerprint density at radius 1 is 1.38 bits per heavy atom. The molecule has 0 unspecified atom stereocenters. The molecule has 0 saturated heterocycles. The largest absolute Gasteiger partial charge is 0.476 e. The van der Waals surface area contributed by atoms with E-state index >= 15 is 0 Å². The highest BCUT2D eigenvalue weighted by Crippen LogP contribution is 2.31. The van der Waals surface area contributed by atoms with E-state index < -0.39 is 23.4 Å². The fourth-order valence-electron chi connectivity index (χ4n) is 1.35. The van der Waals surface area contributed by atoms with Gasteiger partial charge in [0.15, 0.2) is 5.69 Å². The van der Waals surface area contributed by atoms with Gasteiger partial charge in [-0.15, -0.1) is 0 Å². The van der Waals surface area contributed by atoms with Crippen LogP contribution in [0.5, 0.6) is 0 Å². The topological polar surface area (TPSA) is 66.0 Å². The van der Waals surface area contributed by atoms with Crippen LogP contribution >= 0.6 is 0 Å². The number of carboxylic acids is 1. The summed E-state index contributed by atoms with van der Waals surface area (Å²) in [6.07, 6.45) is -4.50. The van der Waals surface area contributed by atoms with Crippen LogP contribution in [0.1, 0.15) is 16.1 Å². The Labute approximate surface area is 86.7 Å². The van der Waals surface area contributed by atoms with Gasteiger partial charge in [0, 0.05) is 5.39 Å². The second-order valence-corrected chi connectivity index (χ2v) is 3.14. The lowest BCUT2D eigenvalue weighted by molar-refractivity contribution is -0.137. The first-order chi connectivity index (χ1) is 7.39. The summed E-state index contributed by atoms with van der Waals surface area (Å²) in [6.45, 7) is 0. The number of aromatic amines is 1. The number of hydrogen-bond donors (Lipinski definition) is 2. The number of rotatable bonds is 1. The number of alkyl halides is 3. The summed E-state index contributed by atoms with van der Waals surface area (Å²) in [5.74, 6) is -1.37. The van der Waals surface area contributed by atoms with Gasteiger partial charge in [-0.25, -0.2) is 4.79 Å². The summed E-state index contributed by atoms with van der Waals surface area (Å²) in [4.78, 5) is 10.7. The molecule has 0 aliphatic carbocycles. The van der Waals surface area contributed by atoms with E-state index in [1.807, 2.05) is 0 Å². The molecule has 4 nitrogen and oxygen atoms in total. The van der Waals surface area contributed by atoms with E-state index in [4.69, 9.17) is 5.11 Å². The van der Waals surface area contributed by atoms with Gasteiger partial charge in [0.25, 0.3) is 0 Å². The molecule has 16 heavy (non-hydrogen) atoms. The van der Waals surface area contributed by atoms with Crippen LogP contribution in [0.3, 0.4) is 0 Å². The molecular formula is C9H5F3N2O2. The maximum Gasteiger partial charge on any atom is 0.416 e. The predicted molar refractivity (Wildman–Crippen MR) is 48.1 cm³/mol. The Morgan fingerprint density at radius 2 is 2.06 bits per heavy atom. The number of nitrogens with zero attached hydrogens (tertiary/aromatic N) is 1. The molecule has 2 aromatic rings. The molecule has 84 valence electrons. The van der Waals surface area contributed by atoms with Crippen molar-refractivity contribution in [2.75, 3.05) is 0 Å². The monoisotopic (exact) mass is 230 g/mol. The molecule has 0 fully saturated rings. The predicted octanol–water partition coefficient (Wildman–Crippen LogP) is 2.28. The number of carboxylic acid groups (broad SMARTS) is 1. The average Bonchev–Trinajstić information content (AvgIpc) is 2.58. The molecule has 0 radical (unpaired) electrons. The molecule has 2 N–H and O–H groups in total. The van der Waals surface area contributed by atoms with Gasteiger partial charge in [-0.05, 0) is 18.2 Å². The molecule has 0 amide bonds. The fraction of sp³-hybridized carbons (Fsp3) is 0.111. The van der Waals surface area contributed by atoms with E-state index in [9.17, 15) is 18.0 Å². The first kappa shape index (κ1) is 10.5. The summed E-state index contributed by atoms with van der Waals surface area (Å²) < 4.78 is 37.1. The minimum atomic E-state index is -4.50. The fourth-order valence-corrected chi connectivity index (χ4v) is 1.35. The molecule has 0 aliphatic heterocycles. The molecule has 0 saturated carbocycles. The summed E-state index contributed by atoms with van der Waals surface area (Å²) in [5.41, 5.74) is -1.06. The summed E-state index contributed by atoms with van der Waals surface area (Å²) in [6, 6.07) is 2.78. The smallest absolute Gasteiger partial charge is 0.416 e. The normalized spacial score (nSPS) is 11.9. The summed E-state index contributed by atoms with van der Waals surface area (Å²) >= 11 is 0. The number of aromatic carboxylic acids is 1. The van der Waals surface area contributed by atoms with Gasteiger partial charge < -0.3 is 5.11 Å². The van der Waals surface area contributed by atoms with Crippen LogP contribution in [-0.4, -0.2) is 21.3 Å². The van der Waals surface area contributed by atoms with E-state index in [-0.39, 0.29) is 10.9 Å². The Kier molecular flexibility index (Phi) is 2.11. The Balaban J connectivity index is 2.68. The Bertz CT molecular complexity index is 559. The van der Waals surface area contributed by atoms with Gasteiger partial charge in [0.1, 0.15) is 0 Å². The molecule has 1 aromatic heterocycles. The van der Waals surface area contributed by atoms with Crippen molar-refractivity contribution in [3.05, 3.63) is 29.5 Å². The third-order valence-electron chi connectivity index (χ3n) is 2.09. The molecule has 1 heterocycles. The lowest BCUT2D eigenvalue weighted by Gasteiger charge is -2.05. The van der Waals surface area contributed by atoms with Crippen molar-refractivity contribution in [3.8, 4) is 0 Å². The molecule has 7 heteroatoms. The molecule has 1 aromatic carbocycles. The van der Waals surface area contributed by atoms with Crippen molar-refractivity contribution in [2.24, 2.45) is 0 Å². The summed E-state index contributed by atoms with van der Waals surface area (Å²) in [7, 11) is 0. The van der Waals surface area contributed by atoms with Gasteiger partial charge in [-0.2, -0.15) is 18.3 Å². The van der Waals surface area contributed by atoms with E-state index in [2.05, 4.69) is 10.2 Å². The minimum Gasteiger partial charge on any atom is -0.476 e. The van der Waals surface area contributed by atoms with Crippen LogP contribution in [0.4, 0.5) is 13.2 Å². The SMILES string of the molecule is O=C(O)c1n[nH]c2ccc(C(F)(F)F)cc12. The zero-order chi connectivity index (χ0) is 11.9. The van der Waals surface area contributed by atoms with Gasteiger partial charge in [0.05, 0.1) is 11.1 Å². The third kappa shape index (κ3) is 1.60. The second kappa shape index (κ2) is 3.22. The molecule has 0 atom stereocenters. The molecule has 0 aliphatic rings. The zero-order valence-corrected chi connectivity index (χ0v) is 7.67. The van der Waals surface area contributed by atoms with E-state index in [1.165, 1.54) is 0 Å².